The van der Waals surface area contributed by atoms with E-state index in [1.54, 1.807) is 60.7 Å². The van der Waals surface area contributed by atoms with Crippen LogP contribution in [0.15, 0.2) is 78.4 Å². The van der Waals surface area contributed by atoms with Crippen LogP contribution in [-0.4, -0.2) is 30.5 Å². The molecule has 1 aliphatic rings. The molecule has 7 heteroatoms. The number of para-hydroxylation sites is 1. The van der Waals surface area contributed by atoms with E-state index in [9.17, 15) is 14.7 Å². The van der Waals surface area contributed by atoms with Gasteiger partial charge in [-0.1, -0.05) is 48.9 Å². The predicted molar refractivity (Wildman–Crippen MR) is 131 cm³/mol. The van der Waals surface area contributed by atoms with Gasteiger partial charge in [-0.3, -0.25) is 14.5 Å². The summed E-state index contributed by atoms with van der Waals surface area (Å²) in [5, 5.41) is 11.5. The molecule has 4 rings (SSSR count). The van der Waals surface area contributed by atoms with Crippen molar-refractivity contribution in [2.24, 2.45) is 0 Å². The maximum absolute atomic E-state index is 13.3. The molecule has 1 saturated heterocycles. The second kappa shape index (κ2) is 10.0. The van der Waals surface area contributed by atoms with Gasteiger partial charge in [0.05, 0.1) is 30.4 Å². The number of aliphatic hydroxyl groups excluding tert-OH is 1. The van der Waals surface area contributed by atoms with E-state index in [1.807, 2.05) is 13.0 Å². The summed E-state index contributed by atoms with van der Waals surface area (Å²) in [6.07, 6.45) is 0.872. The van der Waals surface area contributed by atoms with Crippen molar-refractivity contribution >= 4 is 34.7 Å². The lowest BCUT2D eigenvalue weighted by molar-refractivity contribution is -0.132. The van der Waals surface area contributed by atoms with E-state index < -0.39 is 17.7 Å². The highest BCUT2D eigenvalue weighted by Gasteiger charge is 2.47. The molecule has 1 fully saturated rings. The molecule has 0 spiro atoms. The van der Waals surface area contributed by atoms with Crippen LogP contribution in [0.1, 0.15) is 30.5 Å². The molecule has 0 aliphatic carbocycles. The highest BCUT2D eigenvalue weighted by molar-refractivity contribution is 6.52. The molecular weight excluding hydrogens is 454 g/mol. The molecule has 1 heterocycles. The van der Waals surface area contributed by atoms with E-state index >= 15 is 0 Å². The van der Waals surface area contributed by atoms with Gasteiger partial charge in [0.2, 0.25) is 0 Å². The lowest BCUT2D eigenvalue weighted by Crippen LogP contribution is -2.29. The van der Waals surface area contributed by atoms with Crippen molar-refractivity contribution in [2.45, 2.75) is 19.4 Å². The Morgan fingerprint density at radius 1 is 1.00 bits per heavy atom. The van der Waals surface area contributed by atoms with Crippen molar-refractivity contribution in [3.05, 3.63) is 94.5 Å². The standard InChI is InChI=1S/C27H24ClNO5/c1-3-15-34-19-11-9-17(10-12-19)24-23(25(30)21-16-20(33-2)13-14-22(21)28)26(31)27(32)29(24)18-7-5-4-6-8-18/h4-14,16,24,30H,3,15H2,1-2H3/b25-23+. The Morgan fingerprint density at radius 3 is 2.32 bits per heavy atom. The molecule has 174 valence electrons. The number of rotatable bonds is 7. The number of Topliss-reactive ketones (excluding diaryl/α,β-unsaturated/α-hetero) is 1. The number of amides is 1. The minimum atomic E-state index is -0.857. The highest BCUT2D eigenvalue weighted by atomic mass is 35.5. The Balaban J connectivity index is 1.90. The third-order valence-electron chi connectivity index (χ3n) is 5.58. The monoisotopic (exact) mass is 477 g/mol. The average molecular weight is 478 g/mol. The summed E-state index contributed by atoms with van der Waals surface area (Å²) >= 11 is 6.35. The number of aliphatic hydroxyl groups is 1. The van der Waals surface area contributed by atoms with Gasteiger partial charge in [-0.05, 0) is 54.4 Å². The van der Waals surface area contributed by atoms with Crippen LogP contribution in [0.2, 0.25) is 5.02 Å². The minimum Gasteiger partial charge on any atom is -0.507 e. The third-order valence-corrected chi connectivity index (χ3v) is 5.91. The number of ketones is 1. The Labute approximate surface area is 203 Å². The Morgan fingerprint density at radius 2 is 1.68 bits per heavy atom. The van der Waals surface area contributed by atoms with Crippen molar-refractivity contribution < 1.29 is 24.2 Å². The molecule has 1 amide bonds. The number of benzene rings is 3. The molecule has 1 atom stereocenters. The number of nitrogens with zero attached hydrogens (tertiary/aromatic N) is 1. The first-order valence-electron chi connectivity index (χ1n) is 10.9. The molecule has 0 bridgehead atoms. The minimum absolute atomic E-state index is 0.0498. The van der Waals surface area contributed by atoms with Crippen LogP contribution in [0, 0.1) is 0 Å². The average Bonchev–Trinajstić information content (AvgIpc) is 3.13. The van der Waals surface area contributed by atoms with Gasteiger partial charge in [0.1, 0.15) is 17.3 Å². The summed E-state index contributed by atoms with van der Waals surface area (Å²) < 4.78 is 10.9. The van der Waals surface area contributed by atoms with E-state index in [1.165, 1.54) is 18.1 Å². The van der Waals surface area contributed by atoms with Gasteiger partial charge in [0.15, 0.2) is 0 Å². The summed E-state index contributed by atoms with van der Waals surface area (Å²) in [6.45, 7) is 2.60. The van der Waals surface area contributed by atoms with E-state index in [-0.39, 0.29) is 21.9 Å². The SMILES string of the molecule is CCCOc1ccc(C2/C(=C(\O)c3cc(OC)ccc3Cl)C(=O)C(=O)N2c2ccccc2)cc1. The fraction of sp³-hybridized carbons (Fsp3) is 0.185. The van der Waals surface area contributed by atoms with Crippen molar-refractivity contribution in [2.75, 3.05) is 18.6 Å². The largest absolute Gasteiger partial charge is 0.507 e. The maximum Gasteiger partial charge on any atom is 0.300 e. The van der Waals surface area contributed by atoms with Gasteiger partial charge >= 0.3 is 0 Å². The number of carbonyl (C=O) groups excluding carboxylic acids is 2. The molecule has 0 aromatic heterocycles. The third kappa shape index (κ3) is 4.37. The number of hydrogen-bond donors (Lipinski definition) is 1. The fourth-order valence-corrected chi connectivity index (χ4v) is 4.13. The molecule has 3 aromatic rings. The topological polar surface area (TPSA) is 76.1 Å². The zero-order valence-corrected chi connectivity index (χ0v) is 19.6. The van der Waals surface area contributed by atoms with Gasteiger partial charge in [0, 0.05) is 11.3 Å². The number of anilines is 1. The summed E-state index contributed by atoms with van der Waals surface area (Å²) in [4.78, 5) is 27.8. The van der Waals surface area contributed by atoms with Crippen molar-refractivity contribution in [1.29, 1.82) is 0 Å². The number of carbonyl (C=O) groups is 2. The van der Waals surface area contributed by atoms with Crippen LogP contribution >= 0.6 is 11.6 Å². The number of ether oxygens (including phenoxy) is 2. The molecule has 34 heavy (non-hydrogen) atoms. The van der Waals surface area contributed by atoms with Gasteiger partial charge in [-0.15, -0.1) is 0 Å². The molecule has 1 N–H and O–H groups in total. The molecule has 0 radical (unpaired) electrons. The molecule has 0 saturated carbocycles. The van der Waals surface area contributed by atoms with Crippen LogP contribution in [0.4, 0.5) is 5.69 Å². The van der Waals surface area contributed by atoms with Crippen LogP contribution in [0.3, 0.4) is 0 Å². The van der Waals surface area contributed by atoms with Crippen molar-refractivity contribution in [3.8, 4) is 11.5 Å². The quantitative estimate of drug-likeness (QED) is 0.266. The van der Waals surface area contributed by atoms with E-state index in [2.05, 4.69) is 0 Å². The van der Waals surface area contributed by atoms with Gasteiger partial charge in [-0.2, -0.15) is 0 Å². The van der Waals surface area contributed by atoms with Crippen LogP contribution in [0.5, 0.6) is 11.5 Å². The second-order valence-electron chi connectivity index (χ2n) is 7.77. The molecule has 1 unspecified atom stereocenters. The smallest absolute Gasteiger partial charge is 0.300 e. The van der Waals surface area contributed by atoms with Crippen LogP contribution in [0.25, 0.3) is 5.76 Å². The number of halogens is 1. The first kappa shape index (κ1) is 23.4. The molecule has 1 aliphatic heterocycles. The van der Waals surface area contributed by atoms with Crippen molar-refractivity contribution in [3.63, 3.8) is 0 Å². The van der Waals surface area contributed by atoms with Gasteiger partial charge in [0.25, 0.3) is 11.7 Å². The predicted octanol–water partition coefficient (Wildman–Crippen LogP) is 5.76. The van der Waals surface area contributed by atoms with Gasteiger partial charge in [-0.25, -0.2) is 0 Å². The Hall–Kier alpha value is -3.77. The zero-order chi connectivity index (χ0) is 24.2. The zero-order valence-electron chi connectivity index (χ0n) is 18.8. The van der Waals surface area contributed by atoms with Gasteiger partial charge < -0.3 is 14.6 Å². The first-order chi connectivity index (χ1) is 16.5. The van der Waals surface area contributed by atoms with Crippen LogP contribution < -0.4 is 14.4 Å². The summed E-state index contributed by atoms with van der Waals surface area (Å²) in [6, 6.07) is 19.9. The van der Waals surface area contributed by atoms with E-state index in [0.717, 1.165) is 6.42 Å². The highest BCUT2D eigenvalue weighted by Crippen LogP contribution is 2.43. The Bertz CT molecular complexity index is 1240. The van der Waals surface area contributed by atoms with Crippen LogP contribution in [-0.2, 0) is 9.59 Å². The van der Waals surface area contributed by atoms with E-state index in [0.29, 0.717) is 29.4 Å². The maximum atomic E-state index is 13.3. The molecule has 3 aromatic carbocycles. The lowest BCUT2D eigenvalue weighted by atomic mass is 9.95. The fourth-order valence-electron chi connectivity index (χ4n) is 3.93. The van der Waals surface area contributed by atoms with E-state index in [4.69, 9.17) is 21.1 Å². The number of hydrogen-bond acceptors (Lipinski definition) is 5. The Kier molecular flexibility index (Phi) is 6.89. The molecule has 6 nitrogen and oxygen atoms in total. The molecular formula is C27H24ClNO5. The second-order valence-corrected chi connectivity index (χ2v) is 8.18. The summed E-state index contributed by atoms with van der Waals surface area (Å²) in [5.41, 5.74) is 1.34. The number of methoxy groups -OCH3 is 1. The first-order valence-corrected chi connectivity index (χ1v) is 11.3. The normalized spacial score (nSPS) is 17.1. The summed E-state index contributed by atoms with van der Waals surface area (Å²) in [7, 11) is 1.49. The van der Waals surface area contributed by atoms with Crippen molar-refractivity contribution in [1.82, 2.24) is 0 Å². The summed E-state index contributed by atoms with van der Waals surface area (Å²) in [5.74, 6) is -0.757. The lowest BCUT2D eigenvalue weighted by Gasteiger charge is -2.25.